The number of hydrogen-bond donors (Lipinski definition) is 1. The molecule has 0 aromatic heterocycles. The van der Waals surface area contributed by atoms with Gasteiger partial charge in [-0.2, -0.15) is 0 Å². The number of nitrogens with zero attached hydrogens (tertiary/aromatic N) is 2. The second-order valence-corrected chi connectivity index (χ2v) is 11.1. The summed E-state index contributed by atoms with van der Waals surface area (Å²) >= 11 is 0. The standard InChI is InChI=1S/C30H29N3O4/c1-3-18-14-33(15-25(35)19-8-9-26-24(12-19)32(2)28(36)17-37-26)11-10-30-22-6-4-5-7-23(22)31-29(30)21(16-34)20(18)13-27(30)33/h3-9,12,16,20,27H,10-11,13-15,17H2,1-2H3/p+1/b18-3-/t20-,27-,30+,33?/m0/s1. The Morgan fingerprint density at radius 3 is 2.92 bits per heavy atom. The minimum absolute atomic E-state index is 0.0159. The quantitative estimate of drug-likeness (QED) is 0.303. The van der Waals surface area contributed by atoms with Crippen LogP contribution in [-0.4, -0.2) is 61.8 Å². The van der Waals surface area contributed by atoms with Crippen LogP contribution in [0.5, 0.6) is 5.75 Å². The minimum atomic E-state index is -0.265. The van der Waals surface area contributed by atoms with Gasteiger partial charge in [0.2, 0.25) is 5.78 Å². The second kappa shape index (κ2) is 7.65. The molecule has 2 aromatic carbocycles. The van der Waals surface area contributed by atoms with Crippen molar-refractivity contribution in [3.63, 3.8) is 0 Å². The number of ketones is 1. The Hall–Kier alpha value is -3.71. The van der Waals surface area contributed by atoms with Crippen molar-refractivity contribution >= 4 is 29.4 Å². The number of carbonyl (C=O) groups excluding carboxylic acids is 3. The number of fused-ring (bicyclic) bond motifs is 3. The van der Waals surface area contributed by atoms with Crippen molar-refractivity contribution in [3.8, 4) is 5.75 Å². The summed E-state index contributed by atoms with van der Waals surface area (Å²) in [4.78, 5) is 40.1. The van der Waals surface area contributed by atoms with E-state index in [-0.39, 0.29) is 35.7 Å². The summed E-state index contributed by atoms with van der Waals surface area (Å²) < 4.78 is 6.26. The first kappa shape index (κ1) is 22.5. The highest BCUT2D eigenvalue weighted by Crippen LogP contribution is 2.63. The molecule has 1 spiro atoms. The number of carbonyl (C=O) groups is 3. The number of quaternary nitrogens is 1. The van der Waals surface area contributed by atoms with Crippen LogP contribution < -0.4 is 15.0 Å². The average molecular weight is 497 g/mol. The monoisotopic (exact) mass is 496 g/mol. The maximum atomic E-state index is 13.9. The summed E-state index contributed by atoms with van der Waals surface area (Å²) in [6.07, 6.45) is 4.99. The van der Waals surface area contributed by atoms with E-state index in [1.807, 2.05) is 19.1 Å². The van der Waals surface area contributed by atoms with E-state index in [2.05, 4.69) is 29.6 Å². The van der Waals surface area contributed by atoms with E-state index in [1.165, 1.54) is 11.1 Å². The van der Waals surface area contributed by atoms with Crippen molar-refractivity contribution in [3.05, 3.63) is 76.5 Å². The third kappa shape index (κ3) is 2.83. The highest BCUT2D eigenvalue weighted by molar-refractivity contribution is 6.02. The maximum absolute atomic E-state index is 13.9. The molecule has 7 rings (SSSR count). The average Bonchev–Trinajstić information content (AvgIpc) is 3.44. The Bertz CT molecular complexity index is 1460. The molecule has 1 unspecified atom stereocenters. The van der Waals surface area contributed by atoms with Crippen LogP contribution in [0.4, 0.5) is 11.4 Å². The molecule has 4 heterocycles. The summed E-state index contributed by atoms with van der Waals surface area (Å²) in [5.74, 6) is 0.670. The molecule has 1 N–H and O–H groups in total. The molecule has 2 bridgehead atoms. The molecule has 1 amide bonds. The summed E-state index contributed by atoms with van der Waals surface area (Å²) in [6, 6.07) is 14.0. The molecular formula is C30H30N3O4+. The van der Waals surface area contributed by atoms with Crippen molar-refractivity contribution in [2.75, 3.05) is 43.5 Å². The van der Waals surface area contributed by atoms with E-state index < -0.39 is 0 Å². The van der Waals surface area contributed by atoms with Crippen molar-refractivity contribution in [1.82, 2.24) is 0 Å². The lowest BCUT2D eigenvalue weighted by molar-refractivity contribution is -0.934. The molecule has 0 saturated carbocycles. The van der Waals surface area contributed by atoms with E-state index in [0.717, 1.165) is 49.2 Å². The molecule has 37 heavy (non-hydrogen) atoms. The van der Waals surface area contributed by atoms with Gasteiger partial charge in [0, 0.05) is 48.3 Å². The molecule has 7 nitrogen and oxygen atoms in total. The molecule has 0 radical (unpaired) electrons. The minimum Gasteiger partial charge on any atom is -0.482 e. The molecule has 4 atom stereocenters. The Morgan fingerprint density at radius 1 is 1.27 bits per heavy atom. The Kier molecular flexibility index (Phi) is 4.65. The number of benzene rings is 2. The number of hydrogen-bond acceptors (Lipinski definition) is 5. The fraction of sp³-hybridized carbons (Fsp3) is 0.367. The number of allylic oxidation sites excluding steroid dienone is 2. The molecule has 2 saturated heterocycles. The number of likely N-dealkylation sites (N-methyl/N-ethyl adjacent to an activating group) is 1. The fourth-order valence-corrected chi connectivity index (χ4v) is 7.95. The van der Waals surface area contributed by atoms with Gasteiger partial charge < -0.3 is 19.4 Å². The fourth-order valence-electron chi connectivity index (χ4n) is 7.95. The third-order valence-electron chi connectivity index (χ3n) is 9.69. The van der Waals surface area contributed by atoms with Gasteiger partial charge in [-0.05, 0) is 42.3 Å². The molecule has 4 aliphatic heterocycles. The van der Waals surface area contributed by atoms with Crippen LogP contribution in [0.3, 0.4) is 0 Å². The predicted molar refractivity (Wildman–Crippen MR) is 140 cm³/mol. The largest absolute Gasteiger partial charge is 0.482 e. The van der Waals surface area contributed by atoms with Crippen molar-refractivity contribution in [2.24, 2.45) is 5.92 Å². The number of amides is 1. The van der Waals surface area contributed by atoms with E-state index in [9.17, 15) is 14.4 Å². The van der Waals surface area contributed by atoms with E-state index in [0.29, 0.717) is 28.0 Å². The highest BCUT2D eigenvalue weighted by Gasteiger charge is 2.68. The molecular weight excluding hydrogens is 466 g/mol. The lowest BCUT2D eigenvalue weighted by Gasteiger charge is -2.53. The van der Waals surface area contributed by atoms with Gasteiger partial charge in [-0.3, -0.25) is 14.4 Å². The van der Waals surface area contributed by atoms with Gasteiger partial charge in [0.05, 0.1) is 17.6 Å². The first-order valence-electron chi connectivity index (χ1n) is 13.1. The number of anilines is 2. The van der Waals surface area contributed by atoms with E-state index in [1.54, 1.807) is 24.1 Å². The first-order chi connectivity index (χ1) is 17.9. The second-order valence-electron chi connectivity index (χ2n) is 11.1. The molecule has 5 aliphatic rings. The Balaban J connectivity index is 1.32. The summed E-state index contributed by atoms with van der Waals surface area (Å²) in [6.45, 7) is 4.10. The molecule has 2 fully saturated rings. The van der Waals surface area contributed by atoms with Gasteiger partial charge in [0.15, 0.2) is 6.61 Å². The first-order valence-corrected chi connectivity index (χ1v) is 13.1. The SMILES string of the molecule is C/C=C1/C[N+]2(CC(=O)c3ccc4c(c3)N(C)C(=O)CO4)CC[C@]34C(=C(C=O)[C@H]1C[C@@H]32)Nc1ccccc14. The zero-order chi connectivity index (χ0) is 25.5. The normalized spacial score (nSPS) is 31.9. The van der Waals surface area contributed by atoms with Crippen LogP contribution in [0, 0.1) is 5.92 Å². The van der Waals surface area contributed by atoms with Gasteiger partial charge in [0.1, 0.15) is 31.2 Å². The zero-order valence-electron chi connectivity index (χ0n) is 21.1. The van der Waals surface area contributed by atoms with Gasteiger partial charge >= 0.3 is 0 Å². The van der Waals surface area contributed by atoms with Crippen molar-refractivity contribution in [1.29, 1.82) is 0 Å². The maximum Gasteiger partial charge on any atom is 0.264 e. The number of Topliss-reactive ketones (excluding diaryl/α,β-unsaturated/α-hetero) is 1. The van der Waals surface area contributed by atoms with Gasteiger partial charge in [-0.25, -0.2) is 0 Å². The molecule has 1 aliphatic carbocycles. The topological polar surface area (TPSA) is 75.7 Å². The highest BCUT2D eigenvalue weighted by atomic mass is 16.5. The molecule has 7 heteroatoms. The molecule has 188 valence electrons. The number of piperidine rings is 1. The van der Waals surface area contributed by atoms with Crippen LogP contribution in [-0.2, 0) is 15.0 Å². The number of nitrogens with one attached hydrogen (secondary N) is 1. The number of ether oxygens (including phenoxy) is 1. The predicted octanol–water partition coefficient (Wildman–Crippen LogP) is 3.61. The van der Waals surface area contributed by atoms with Crippen LogP contribution in [0.1, 0.15) is 35.7 Å². The van der Waals surface area contributed by atoms with E-state index in [4.69, 9.17) is 4.74 Å². The smallest absolute Gasteiger partial charge is 0.264 e. The van der Waals surface area contributed by atoms with Gasteiger partial charge in [-0.15, -0.1) is 0 Å². The Morgan fingerprint density at radius 2 is 2.11 bits per heavy atom. The lowest BCUT2D eigenvalue weighted by atomic mass is 9.61. The third-order valence-corrected chi connectivity index (χ3v) is 9.69. The summed E-state index contributed by atoms with van der Waals surface area (Å²) in [5, 5.41) is 3.65. The Labute approximate surface area is 216 Å². The number of para-hydroxylation sites is 1. The van der Waals surface area contributed by atoms with Crippen LogP contribution in [0.2, 0.25) is 0 Å². The summed E-state index contributed by atoms with van der Waals surface area (Å²) in [7, 11) is 1.72. The van der Waals surface area contributed by atoms with E-state index >= 15 is 0 Å². The van der Waals surface area contributed by atoms with Crippen molar-refractivity contribution < 1.29 is 23.6 Å². The van der Waals surface area contributed by atoms with Gasteiger partial charge in [0.25, 0.3) is 5.91 Å². The molecule has 2 aromatic rings. The van der Waals surface area contributed by atoms with Crippen LogP contribution >= 0.6 is 0 Å². The van der Waals surface area contributed by atoms with Crippen LogP contribution in [0.25, 0.3) is 0 Å². The van der Waals surface area contributed by atoms with Crippen LogP contribution in [0.15, 0.2) is 65.4 Å². The number of aldehydes is 1. The lowest BCUT2D eigenvalue weighted by Crippen LogP contribution is -2.64. The number of rotatable bonds is 4. The zero-order valence-corrected chi connectivity index (χ0v) is 21.1. The van der Waals surface area contributed by atoms with Crippen molar-refractivity contribution in [2.45, 2.75) is 31.2 Å². The van der Waals surface area contributed by atoms with Gasteiger partial charge in [-0.1, -0.05) is 24.3 Å². The summed E-state index contributed by atoms with van der Waals surface area (Å²) in [5.41, 5.74) is 6.51.